The summed E-state index contributed by atoms with van der Waals surface area (Å²) in [4.78, 5) is 26.1. The monoisotopic (exact) mass is 408 g/mol. The van der Waals surface area contributed by atoms with Crippen molar-refractivity contribution in [2.24, 2.45) is 0 Å². The maximum absolute atomic E-state index is 12.5. The minimum atomic E-state index is -0.272. The molecule has 1 N–H and O–H groups in total. The Kier molecular flexibility index (Phi) is 6.77. The molecule has 0 aliphatic carbocycles. The molecule has 6 heteroatoms. The van der Waals surface area contributed by atoms with E-state index in [1.807, 2.05) is 57.2 Å². The number of nitrogens with one attached hydrogen (secondary N) is 1. The summed E-state index contributed by atoms with van der Waals surface area (Å²) >= 11 is 0. The highest BCUT2D eigenvalue weighted by atomic mass is 16.5. The van der Waals surface area contributed by atoms with Gasteiger partial charge in [0.25, 0.3) is 0 Å². The Labute approximate surface area is 177 Å². The summed E-state index contributed by atoms with van der Waals surface area (Å²) in [7, 11) is 1.60. The molecule has 2 aromatic carbocycles. The number of carbonyl (C=O) groups excluding carboxylic acids is 2. The fraction of sp³-hybridized carbons (Fsp3) is 0.333. The Morgan fingerprint density at radius 2 is 2.00 bits per heavy atom. The summed E-state index contributed by atoms with van der Waals surface area (Å²) in [6.45, 7) is 6.42. The van der Waals surface area contributed by atoms with Gasteiger partial charge in [-0.2, -0.15) is 0 Å². The maximum Gasteiger partial charge on any atom is 0.246 e. The molecule has 6 nitrogen and oxygen atoms in total. The first kappa shape index (κ1) is 21.4. The number of carbonyl (C=O) groups is 2. The lowest BCUT2D eigenvalue weighted by molar-refractivity contribution is -0.129. The number of fused-ring (bicyclic) bond motifs is 1. The number of ether oxygens (including phenoxy) is 2. The third-order valence-electron chi connectivity index (χ3n) is 4.83. The van der Waals surface area contributed by atoms with Gasteiger partial charge in [0.1, 0.15) is 17.6 Å². The van der Waals surface area contributed by atoms with Crippen molar-refractivity contribution in [3.63, 3.8) is 0 Å². The van der Waals surface area contributed by atoms with Gasteiger partial charge in [-0.05, 0) is 51.1 Å². The SMILES string of the molecule is CCOc1cc2c(cc1/C=C/C(=O)N(C)CC(=O)Nc1ccc(C)cc1)O[C@@H](C)C2. The lowest BCUT2D eigenvalue weighted by Gasteiger charge is -2.15. The van der Waals surface area contributed by atoms with Crippen LogP contribution in [-0.2, 0) is 16.0 Å². The van der Waals surface area contributed by atoms with Crippen LogP contribution in [-0.4, -0.2) is 43.0 Å². The molecule has 2 aromatic rings. The van der Waals surface area contributed by atoms with E-state index >= 15 is 0 Å². The molecule has 0 radical (unpaired) electrons. The van der Waals surface area contributed by atoms with E-state index in [1.54, 1.807) is 13.1 Å². The number of hydrogen-bond donors (Lipinski definition) is 1. The normalized spacial score (nSPS) is 14.9. The van der Waals surface area contributed by atoms with Gasteiger partial charge in [0, 0.05) is 36.4 Å². The maximum atomic E-state index is 12.5. The van der Waals surface area contributed by atoms with Crippen LogP contribution < -0.4 is 14.8 Å². The van der Waals surface area contributed by atoms with Gasteiger partial charge in [0.15, 0.2) is 0 Å². The summed E-state index contributed by atoms with van der Waals surface area (Å²) in [6, 6.07) is 11.4. The fourth-order valence-corrected chi connectivity index (χ4v) is 3.28. The van der Waals surface area contributed by atoms with E-state index in [2.05, 4.69) is 5.32 Å². The van der Waals surface area contributed by atoms with Crippen molar-refractivity contribution in [3.05, 3.63) is 59.2 Å². The molecule has 1 aliphatic heterocycles. The van der Waals surface area contributed by atoms with Crippen molar-refractivity contribution in [1.29, 1.82) is 0 Å². The lowest BCUT2D eigenvalue weighted by atomic mass is 10.1. The molecule has 0 spiro atoms. The molecule has 0 bridgehead atoms. The second-order valence-electron chi connectivity index (χ2n) is 7.51. The van der Waals surface area contributed by atoms with Crippen LogP contribution in [0.2, 0.25) is 0 Å². The van der Waals surface area contributed by atoms with Gasteiger partial charge in [-0.3, -0.25) is 9.59 Å². The van der Waals surface area contributed by atoms with Crippen molar-refractivity contribution >= 4 is 23.6 Å². The fourth-order valence-electron chi connectivity index (χ4n) is 3.28. The van der Waals surface area contributed by atoms with E-state index in [0.717, 1.165) is 34.6 Å². The van der Waals surface area contributed by atoms with Crippen LogP contribution in [0.25, 0.3) is 6.08 Å². The van der Waals surface area contributed by atoms with Gasteiger partial charge >= 0.3 is 0 Å². The molecule has 0 unspecified atom stereocenters. The van der Waals surface area contributed by atoms with Gasteiger partial charge in [0.05, 0.1) is 13.2 Å². The van der Waals surface area contributed by atoms with Gasteiger partial charge < -0.3 is 19.7 Å². The Bertz CT molecular complexity index is 950. The summed E-state index contributed by atoms with van der Waals surface area (Å²) in [6.07, 6.45) is 4.13. The van der Waals surface area contributed by atoms with Crippen LogP contribution in [0.15, 0.2) is 42.5 Å². The molecule has 0 saturated heterocycles. The molecule has 158 valence electrons. The number of likely N-dealkylation sites (N-methyl/N-ethyl adjacent to an activating group) is 1. The number of anilines is 1. The average Bonchev–Trinajstić information content (AvgIpc) is 3.06. The smallest absolute Gasteiger partial charge is 0.246 e. The summed E-state index contributed by atoms with van der Waals surface area (Å²) in [5.41, 5.74) is 3.70. The Balaban J connectivity index is 1.64. The number of amides is 2. The van der Waals surface area contributed by atoms with Crippen LogP contribution in [0, 0.1) is 6.92 Å². The highest BCUT2D eigenvalue weighted by Gasteiger charge is 2.21. The molecular formula is C24H28N2O4. The van der Waals surface area contributed by atoms with Crippen molar-refractivity contribution in [2.75, 3.05) is 25.5 Å². The second kappa shape index (κ2) is 9.48. The van der Waals surface area contributed by atoms with E-state index in [0.29, 0.717) is 12.3 Å². The minimum Gasteiger partial charge on any atom is -0.493 e. The third kappa shape index (κ3) is 5.41. The quantitative estimate of drug-likeness (QED) is 0.707. The molecule has 1 atom stereocenters. The molecule has 0 aromatic heterocycles. The highest BCUT2D eigenvalue weighted by molar-refractivity contribution is 5.98. The molecule has 2 amide bonds. The lowest BCUT2D eigenvalue weighted by Crippen LogP contribution is -2.33. The third-order valence-corrected chi connectivity index (χ3v) is 4.83. The molecular weight excluding hydrogens is 380 g/mol. The second-order valence-corrected chi connectivity index (χ2v) is 7.51. The largest absolute Gasteiger partial charge is 0.493 e. The summed E-state index contributed by atoms with van der Waals surface area (Å²) in [5, 5.41) is 2.79. The number of rotatable bonds is 7. The van der Waals surface area contributed by atoms with E-state index in [1.165, 1.54) is 11.0 Å². The van der Waals surface area contributed by atoms with Gasteiger partial charge in [-0.1, -0.05) is 17.7 Å². The van der Waals surface area contributed by atoms with Gasteiger partial charge in [-0.15, -0.1) is 0 Å². The zero-order valence-corrected chi connectivity index (χ0v) is 17.9. The van der Waals surface area contributed by atoms with Gasteiger partial charge in [-0.25, -0.2) is 0 Å². The summed E-state index contributed by atoms with van der Waals surface area (Å²) < 4.78 is 11.5. The molecule has 0 saturated carbocycles. The molecule has 30 heavy (non-hydrogen) atoms. The zero-order chi connectivity index (χ0) is 21.7. The average molecular weight is 408 g/mol. The Morgan fingerprint density at radius 1 is 1.27 bits per heavy atom. The van der Waals surface area contributed by atoms with Crippen molar-refractivity contribution in [2.45, 2.75) is 33.3 Å². The molecule has 1 aliphatic rings. The Morgan fingerprint density at radius 3 is 2.70 bits per heavy atom. The standard InChI is InChI=1S/C24H28N2O4/c1-5-29-21-14-19-12-17(3)30-22(19)13-18(21)8-11-24(28)26(4)15-23(27)25-20-9-6-16(2)7-10-20/h6-11,13-14,17H,5,12,15H2,1-4H3,(H,25,27)/b11-8+/t17-/m0/s1. The van der Waals surface area contributed by atoms with Crippen molar-refractivity contribution < 1.29 is 19.1 Å². The van der Waals surface area contributed by atoms with E-state index in [4.69, 9.17) is 9.47 Å². The van der Waals surface area contributed by atoms with Crippen molar-refractivity contribution in [1.82, 2.24) is 4.90 Å². The van der Waals surface area contributed by atoms with Crippen LogP contribution in [0.3, 0.4) is 0 Å². The first-order valence-electron chi connectivity index (χ1n) is 10.1. The molecule has 0 fully saturated rings. The van der Waals surface area contributed by atoms with E-state index < -0.39 is 0 Å². The number of nitrogens with zero attached hydrogens (tertiary/aromatic N) is 1. The molecule has 1 heterocycles. The predicted octanol–water partition coefficient (Wildman–Crippen LogP) is 3.83. The first-order valence-corrected chi connectivity index (χ1v) is 10.1. The number of aryl methyl sites for hydroxylation is 1. The van der Waals surface area contributed by atoms with E-state index in [9.17, 15) is 9.59 Å². The van der Waals surface area contributed by atoms with Crippen LogP contribution >= 0.6 is 0 Å². The zero-order valence-electron chi connectivity index (χ0n) is 17.9. The number of hydrogen-bond acceptors (Lipinski definition) is 4. The van der Waals surface area contributed by atoms with Gasteiger partial charge in [0.2, 0.25) is 11.8 Å². The van der Waals surface area contributed by atoms with Crippen LogP contribution in [0.1, 0.15) is 30.5 Å². The molecule has 3 rings (SSSR count). The van der Waals surface area contributed by atoms with Crippen LogP contribution in [0.4, 0.5) is 5.69 Å². The topological polar surface area (TPSA) is 67.9 Å². The van der Waals surface area contributed by atoms with Crippen LogP contribution in [0.5, 0.6) is 11.5 Å². The minimum absolute atomic E-state index is 0.0415. The van der Waals surface area contributed by atoms with E-state index in [-0.39, 0.29) is 24.5 Å². The Hall–Kier alpha value is -3.28. The van der Waals surface area contributed by atoms with Crippen molar-refractivity contribution in [3.8, 4) is 11.5 Å². The number of benzene rings is 2. The first-order chi connectivity index (χ1) is 14.4. The highest BCUT2D eigenvalue weighted by Crippen LogP contribution is 2.35. The summed E-state index contributed by atoms with van der Waals surface area (Å²) in [5.74, 6) is 1.02. The predicted molar refractivity (Wildman–Crippen MR) is 118 cm³/mol.